The maximum absolute atomic E-state index is 4.67. The summed E-state index contributed by atoms with van der Waals surface area (Å²) in [5.74, 6) is 0.645. The first-order valence-electron chi connectivity index (χ1n) is 7.42. The van der Waals surface area contributed by atoms with Gasteiger partial charge in [-0.3, -0.25) is 0 Å². The molecule has 0 atom stereocenters. The Morgan fingerprint density at radius 3 is 2.29 bits per heavy atom. The van der Waals surface area contributed by atoms with E-state index in [0.29, 0.717) is 5.82 Å². The molecule has 0 unspecified atom stereocenters. The fraction of sp³-hybridized carbons (Fsp3) is 0. The van der Waals surface area contributed by atoms with Crippen LogP contribution in [-0.2, 0) is 0 Å². The van der Waals surface area contributed by atoms with Crippen LogP contribution < -0.4 is 0 Å². The number of hydrogen-bond acceptors (Lipinski definition) is 4. The Bertz CT molecular complexity index is 1010. The number of nitrogens with zero attached hydrogens (tertiary/aromatic N) is 3. The van der Waals surface area contributed by atoms with E-state index in [1.54, 1.807) is 11.8 Å². The fourth-order valence-corrected chi connectivity index (χ4v) is 3.84. The van der Waals surface area contributed by atoms with E-state index in [0.717, 1.165) is 30.9 Å². The summed E-state index contributed by atoms with van der Waals surface area (Å²) in [7, 11) is 0. The lowest BCUT2D eigenvalue weighted by Gasteiger charge is -2.07. The van der Waals surface area contributed by atoms with E-state index in [1.165, 1.54) is 0 Å². The number of halogens is 1. The molecule has 0 fully saturated rings. The summed E-state index contributed by atoms with van der Waals surface area (Å²) >= 11 is 5.24. The van der Waals surface area contributed by atoms with Gasteiger partial charge >= 0.3 is 0 Å². The van der Waals surface area contributed by atoms with Gasteiger partial charge in [0.2, 0.25) is 0 Å². The predicted octanol–water partition coefficient (Wildman–Crippen LogP) is 5.61. The lowest BCUT2D eigenvalue weighted by molar-refractivity contribution is 1.02. The normalized spacial score (nSPS) is 10.9. The summed E-state index contributed by atoms with van der Waals surface area (Å²) in [4.78, 5) is 6.85. The fourth-order valence-electron chi connectivity index (χ4n) is 2.37. The van der Waals surface area contributed by atoms with Gasteiger partial charge in [0, 0.05) is 19.8 Å². The summed E-state index contributed by atoms with van der Waals surface area (Å²) in [6.07, 6.45) is 0. The smallest absolute Gasteiger partial charge is 0.182 e. The molecule has 1 heterocycles. The first-order chi connectivity index (χ1) is 11.8. The third kappa shape index (κ3) is 3.05. The second kappa shape index (κ2) is 6.71. The van der Waals surface area contributed by atoms with Crippen molar-refractivity contribution in [3.8, 4) is 11.4 Å². The summed E-state index contributed by atoms with van der Waals surface area (Å²) in [6, 6.07) is 24.1. The van der Waals surface area contributed by atoms with Gasteiger partial charge in [0.05, 0.1) is 5.52 Å². The molecular weight excluding hydrogens is 382 g/mol. The lowest BCUT2D eigenvalue weighted by atomic mass is 10.2. The van der Waals surface area contributed by atoms with E-state index in [-0.39, 0.29) is 0 Å². The van der Waals surface area contributed by atoms with Gasteiger partial charge in [-0.2, -0.15) is 0 Å². The molecule has 4 rings (SSSR count). The molecule has 0 aliphatic carbocycles. The van der Waals surface area contributed by atoms with Crippen molar-refractivity contribution in [2.24, 2.45) is 0 Å². The highest BCUT2D eigenvalue weighted by Gasteiger charge is 2.10. The number of benzene rings is 3. The molecule has 24 heavy (non-hydrogen) atoms. The van der Waals surface area contributed by atoms with Crippen LogP contribution in [0.3, 0.4) is 0 Å². The van der Waals surface area contributed by atoms with E-state index < -0.39 is 0 Å². The minimum Gasteiger partial charge on any atom is -0.225 e. The Hall–Kier alpha value is -2.24. The summed E-state index contributed by atoms with van der Waals surface area (Å²) in [5.41, 5.74) is 2.63. The third-order valence-electron chi connectivity index (χ3n) is 3.54. The van der Waals surface area contributed by atoms with Crippen molar-refractivity contribution < 1.29 is 0 Å². The molecule has 3 nitrogen and oxygen atoms in total. The van der Waals surface area contributed by atoms with Gasteiger partial charge < -0.3 is 0 Å². The van der Waals surface area contributed by atoms with Crippen LogP contribution in [0.4, 0.5) is 0 Å². The first-order valence-corrected chi connectivity index (χ1v) is 9.03. The van der Waals surface area contributed by atoms with E-state index in [2.05, 4.69) is 37.2 Å². The maximum atomic E-state index is 4.67. The number of rotatable bonds is 3. The van der Waals surface area contributed by atoms with E-state index in [1.807, 2.05) is 66.7 Å². The van der Waals surface area contributed by atoms with Crippen LogP contribution in [0.2, 0.25) is 0 Å². The molecule has 4 aromatic rings. The van der Waals surface area contributed by atoms with Crippen LogP contribution in [0.25, 0.3) is 22.4 Å². The zero-order valence-corrected chi connectivity index (χ0v) is 15.0. The average molecular weight is 394 g/mol. The summed E-state index contributed by atoms with van der Waals surface area (Å²) in [5, 5.41) is 8.75. The summed E-state index contributed by atoms with van der Waals surface area (Å²) in [6.45, 7) is 0. The van der Waals surface area contributed by atoms with E-state index in [9.17, 15) is 0 Å². The zero-order valence-electron chi connectivity index (χ0n) is 12.6. The van der Waals surface area contributed by atoms with Crippen molar-refractivity contribution in [3.63, 3.8) is 0 Å². The monoisotopic (exact) mass is 393 g/mol. The minimum atomic E-state index is 0.645. The summed E-state index contributed by atoms with van der Waals surface area (Å²) < 4.78 is 1.06. The quantitative estimate of drug-likeness (QED) is 0.453. The number of hydrogen-bond donors (Lipinski definition) is 0. The molecule has 0 aliphatic rings. The molecule has 0 bridgehead atoms. The molecule has 1 aromatic heterocycles. The van der Waals surface area contributed by atoms with Crippen molar-refractivity contribution in [1.82, 2.24) is 15.2 Å². The van der Waals surface area contributed by atoms with Crippen LogP contribution >= 0.6 is 27.7 Å². The van der Waals surface area contributed by atoms with E-state index in [4.69, 9.17) is 0 Å². The molecule has 116 valence electrons. The molecule has 3 aromatic carbocycles. The van der Waals surface area contributed by atoms with Crippen LogP contribution in [0.1, 0.15) is 0 Å². The van der Waals surface area contributed by atoms with Crippen LogP contribution in [0.15, 0.2) is 87.1 Å². The van der Waals surface area contributed by atoms with Crippen molar-refractivity contribution in [1.29, 1.82) is 0 Å². The molecule has 0 spiro atoms. The van der Waals surface area contributed by atoms with Gasteiger partial charge in [0.1, 0.15) is 5.52 Å². The molecule has 0 N–H and O–H groups in total. The Kier molecular flexibility index (Phi) is 4.28. The van der Waals surface area contributed by atoms with Gasteiger partial charge in [-0.1, -0.05) is 60.3 Å². The topological polar surface area (TPSA) is 38.7 Å². The molecular formula is C19H12BrN3S. The number of fused-ring (bicyclic) bond motifs is 1. The van der Waals surface area contributed by atoms with Crippen molar-refractivity contribution >= 4 is 38.7 Å². The van der Waals surface area contributed by atoms with Crippen molar-refractivity contribution in [2.75, 3.05) is 0 Å². The Morgan fingerprint density at radius 1 is 0.708 bits per heavy atom. The maximum Gasteiger partial charge on any atom is 0.182 e. The second-order valence-corrected chi connectivity index (χ2v) is 7.10. The SMILES string of the molecule is Brc1ccccc1Sc1cccc2nc(-c3ccccc3)nnc12. The van der Waals surface area contributed by atoms with Gasteiger partial charge in [0.15, 0.2) is 5.82 Å². The Labute approximate surface area is 152 Å². The van der Waals surface area contributed by atoms with E-state index >= 15 is 0 Å². The van der Waals surface area contributed by atoms with Gasteiger partial charge in [-0.05, 0) is 40.2 Å². The largest absolute Gasteiger partial charge is 0.225 e. The van der Waals surface area contributed by atoms with Gasteiger partial charge in [0.25, 0.3) is 0 Å². The lowest BCUT2D eigenvalue weighted by Crippen LogP contribution is -1.95. The predicted molar refractivity (Wildman–Crippen MR) is 101 cm³/mol. The van der Waals surface area contributed by atoms with Crippen LogP contribution in [0, 0.1) is 0 Å². The van der Waals surface area contributed by atoms with Crippen molar-refractivity contribution in [3.05, 3.63) is 77.3 Å². The second-order valence-electron chi connectivity index (χ2n) is 5.16. The molecule has 0 saturated carbocycles. The highest BCUT2D eigenvalue weighted by atomic mass is 79.9. The average Bonchev–Trinajstić information content (AvgIpc) is 2.64. The highest BCUT2D eigenvalue weighted by molar-refractivity contribution is 9.10. The minimum absolute atomic E-state index is 0.645. The molecule has 0 saturated heterocycles. The Morgan fingerprint density at radius 2 is 1.46 bits per heavy atom. The van der Waals surface area contributed by atoms with Crippen LogP contribution in [-0.4, -0.2) is 15.2 Å². The van der Waals surface area contributed by atoms with Gasteiger partial charge in [-0.25, -0.2) is 4.98 Å². The Balaban J connectivity index is 1.77. The molecule has 0 aliphatic heterocycles. The standard InChI is InChI=1S/C19H12BrN3S/c20-14-9-4-5-11-16(14)24-17-12-6-10-15-18(17)22-23-19(21-15)13-7-2-1-3-8-13/h1-12H. The third-order valence-corrected chi connectivity index (χ3v) is 5.62. The molecule has 0 radical (unpaired) electrons. The van der Waals surface area contributed by atoms with Gasteiger partial charge in [-0.15, -0.1) is 10.2 Å². The number of aromatic nitrogens is 3. The molecule has 5 heteroatoms. The van der Waals surface area contributed by atoms with Crippen LogP contribution in [0.5, 0.6) is 0 Å². The highest BCUT2D eigenvalue weighted by Crippen LogP contribution is 2.36. The zero-order chi connectivity index (χ0) is 16.4. The molecule has 0 amide bonds. The van der Waals surface area contributed by atoms with Crippen molar-refractivity contribution in [2.45, 2.75) is 9.79 Å². The first kappa shape index (κ1) is 15.3.